The highest BCUT2D eigenvalue weighted by Gasteiger charge is 2.32. The van der Waals surface area contributed by atoms with Gasteiger partial charge < -0.3 is 14.6 Å². The summed E-state index contributed by atoms with van der Waals surface area (Å²) in [6, 6.07) is 2.42. The lowest BCUT2D eigenvalue weighted by Gasteiger charge is -2.13. The number of carbonyl (C=O) groups is 2. The predicted octanol–water partition coefficient (Wildman–Crippen LogP) is -0.0128. The summed E-state index contributed by atoms with van der Waals surface area (Å²) in [6.45, 7) is 0.154. The van der Waals surface area contributed by atoms with Gasteiger partial charge in [0.15, 0.2) is 0 Å². The fourth-order valence-corrected chi connectivity index (χ4v) is 3.25. The largest absolute Gasteiger partial charge is 0.495 e. The number of aromatic carboxylic acids is 1. The van der Waals surface area contributed by atoms with Crippen molar-refractivity contribution in [3.8, 4) is 5.75 Å². The predicted molar refractivity (Wildman–Crippen MR) is 69.6 cm³/mol. The minimum atomic E-state index is -4.03. The Morgan fingerprint density at radius 2 is 2.19 bits per heavy atom. The van der Waals surface area contributed by atoms with E-state index in [4.69, 9.17) is 9.84 Å². The van der Waals surface area contributed by atoms with Crippen LogP contribution in [0.15, 0.2) is 23.1 Å². The Hall–Kier alpha value is -2.13. The van der Waals surface area contributed by atoms with Gasteiger partial charge in [-0.1, -0.05) is 0 Å². The maximum atomic E-state index is 12.2. The van der Waals surface area contributed by atoms with E-state index in [0.717, 1.165) is 18.2 Å². The van der Waals surface area contributed by atoms with E-state index in [1.54, 1.807) is 0 Å². The minimum Gasteiger partial charge on any atom is -0.495 e. The number of hydrogen-bond donors (Lipinski definition) is 2. The topological polar surface area (TPSA) is 119 Å². The molecule has 1 aromatic rings. The zero-order valence-corrected chi connectivity index (χ0v) is 11.8. The zero-order chi connectivity index (χ0) is 15.6. The summed E-state index contributed by atoms with van der Waals surface area (Å²) >= 11 is 0. The van der Waals surface area contributed by atoms with Gasteiger partial charge in [-0.05, 0) is 18.2 Å². The molecular weight excluding hydrogens is 302 g/mol. The molecule has 1 atom stereocenters. The average molecular weight is 315 g/mol. The van der Waals surface area contributed by atoms with Crippen LogP contribution in [-0.4, -0.2) is 45.2 Å². The van der Waals surface area contributed by atoms with Crippen molar-refractivity contribution in [2.75, 3.05) is 13.7 Å². The molecule has 114 valence electrons. The number of methoxy groups -OCH3 is 1. The Kier molecular flexibility index (Phi) is 4.14. The van der Waals surface area contributed by atoms with Crippen LogP contribution in [-0.2, 0) is 19.6 Å². The molecule has 1 heterocycles. The third-order valence-corrected chi connectivity index (χ3v) is 4.44. The third kappa shape index (κ3) is 3.14. The first kappa shape index (κ1) is 15.3. The van der Waals surface area contributed by atoms with Gasteiger partial charge in [0.25, 0.3) is 0 Å². The lowest BCUT2D eigenvalue weighted by molar-refractivity contribution is -0.139. The highest BCUT2D eigenvalue weighted by Crippen LogP contribution is 2.25. The number of carboxylic acid groups (broad SMARTS) is 1. The molecule has 0 aromatic heterocycles. The van der Waals surface area contributed by atoms with E-state index in [2.05, 4.69) is 9.46 Å². The Morgan fingerprint density at radius 1 is 1.48 bits per heavy atom. The van der Waals surface area contributed by atoms with E-state index in [0.29, 0.717) is 0 Å². The number of carbonyl (C=O) groups excluding carboxylic acids is 1. The number of nitrogens with one attached hydrogen (secondary N) is 1. The molecule has 8 nitrogen and oxygen atoms in total. The van der Waals surface area contributed by atoms with Crippen LogP contribution in [0.2, 0.25) is 0 Å². The third-order valence-electron chi connectivity index (χ3n) is 2.93. The summed E-state index contributed by atoms with van der Waals surface area (Å²) in [5.74, 6) is -1.96. The molecule has 21 heavy (non-hydrogen) atoms. The SMILES string of the molecule is COc1cc(C(=O)O)ccc1S(=O)(=O)NC1CCOC1=O. The number of benzene rings is 1. The van der Waals surface area contributed by atoms with Gasteiger partial charge in [-0.3, -0.25) is 4.79 Å². The molecule has 2 rings (SSSR count). The number of ether oxygens (including phenoxy) is 2. The first-order valence-electron chi connectivity index (χ1n) is 5.95. The van der Waals surface area contributed by atoms with Crippen molar-refractivity contribution in [3.05, 3.63) is 23.8 Å². The molecule has 0 saturated carbocycles. The summed E-state index contributed by atoms with van der Waals surface area (Å²) in [4.78, 5) is 22.0. The maximum Gasteiger partial charge on any atom is 0.335 e. The first-order chi connectivity index (χ1) is 9.85. The molecule has 0 amide bonds. The van der Waals surface area contributed by atoms with Crippen LogP contribution >= 0.6 is 0 Å². The van der Waals surface area contributed by atoms with Crippen LogP contribution in [0.4, 0.5) is 0 Å². The van der Waals surface area contributed by atoms with E-state index >= 15 is 0 Å². The highest BCUT2D eigenvalue weighted by molar-refractivity contribution is 7.89. The van der Waals surface area contributed by atoms with Gasteiger partial charge in [-0.25, -0.2) is 13.2 Å². The lowest BCUT2D eigenvalue weighted by atomic mass is 10.2. The van der Waals surface area contributed by atoms with Crippen molar-refractivity contribution < 1.29 is 32.6 Å². The van der Waals surface area contributed by atoms with E-state index in [-0.39, 0.29) is 29.2 Å². The second kappa shape index (κ2) is 5.70. The Morgan fingerprint density at radius 3 is 2.71 bits per heavy atom. The molecule has 1 saturated heterocycles. The standard InChI is InChI=1S/C12H13NO7S/c1-19-9-6-7(11(14)15)2-3-10(9)21(17,18)13-8-4-5-20-12(8)16/h2-3,6,8,13H,4-5H2,1H3,(H,14,15). The Balaban J connectivity index is 2.35. The lowest BCUT2D eigenvalue weighted by Crippen LogP contribution is -2.38. The van der Waals surface area contributed by atoms with Crippen molar-refractivity contribution in [2.45, 2.75) is 17.4 Å². The molecule has 1 unspecified atom stereocenters. The van der Waals surface area contributed by atoms with Crippen LogP contribution < -0.4 is 9.46 Å². The van der Waals surface area contributed by atoms with Crippen LogP contribution in [0.3, 0.4) is 0 Å². The summed E-state index contributed by atoms with van der Waals surface area (Å²) in [7, 11) is -2.80. The smallest absolute Gasteiger partial charge is 0.335 e. The van der Waals surface area contributed by atoms with Gasteiger partial charge in [0.05, 0.1) is 19.3 Å². The van der Waals surface area contributed by atoms with E-state index < -0.39 is 28.0 Å². The normalized spacial score (nSPS) is 18.3. The zero-order valence-electron chi connectivity index (χ0n) is 11.0. The maximum absolute atomic E-state index is 12.2. The summed E-state index contributed by atoms with van der Waals surface area (Å²) in [5, 5.41) is 8.88. The van der Waals surface area contributed by atoms with E-state index in [9.17, 15) is 18.0 Å². The van der Waals surface area contributed by atoms with Crippen LogP contribution in [0, 0.1) is 0 Å². The molecule has 1 aliphatic rings. The molecule has 9 heteroatoms. The minimum absolute atomic E-state index is 0.105. The second-order valence-electron chi connectivity index (χ2n) is 4.30. The van der Waals surface area contributed by atoms with Crippen molar-refractivity contribution in [2.24, 2.45) is 0 Å². The fourth-order valence-electron chi connectivity index (χ4n) is 1.88. The van der Waals surface area contributed by atoms with Crippen LogP contribution in [0.5, 0.6) is 5.75 Å². The molecule has 1 aromatic carbocycles. The molecule has 1 aliphatic heterocycles. The number of esters is 1. The number of sulfonamides is 1. The van der Waals surface area contributed by atoms with Gasteiger partial charge in [0.1, 0.15) is 16.7 Å². The van der Waals surface area contributed by atoms with Crippen LogP contribution in [0.1, 0.15) is 16.8 Å². The molecule has 0 spiro atoms. The number of hydrogen-bond acceptors (Lipinski definition) is 6. The molecular formula is C12H13NO7S. The van der Waals surface area contributed by atoms with Gasteiger partial charge in [-0.15, -0.1) is 0 Å². The molecule has 0 radical (unpaired) electrons. The highest BCUT2D eigenvalue weighted by atomic mass is 32.2. The van der Waals surface area contributed by atoms with E-state index in [1.165, 1.54) is 7.11 Å². The molecule has 0 bridgehead atoms. The second-order valence-corrected chi connectivity index (χ2v) is 5.98. The van der Waals surface area contributed by atoms with Crippen molar-refractivity contribution >= 4 is 22.0 Å². The molecule has 1 fully saturated rings. The summed E-state index contributed by atoms with van der Waals surface area (Å²) in [5.41, 5.74) is -0.105. The quantitative estimate of drug-likeness (QED) is 0.733. The fraction of sp³-hybridized carbons (Fsp3) is 0.333. The monoisotopic (exact) mass is 315 g/mol. The van der Waals surface area contributed by atoms with Gasteiger partial charge >= 0.3 is 11.9 Å². The van der Waals surface area contributed by atoms with Gasteiger partial charge in [0.2, 0.25) is 10.0 Å². The van der Waals surface area contributed by atoms with Gasteiger partial charge in [-0.2, -0.15) is 4.72 Å². The first-order valence-corrected chi connectivity index (χ1v) is 7.44. The van der Waals surface area contributed by atoms with E-state index in [1.807, 2.05) is 0 Å². The molecule has 0 aliphatic carbocycles. The number of carboxylic acids is 1. The van der Waals surface area contributed by atoms with Crippen molar-refractivity contribution in [3.63, 3.8) is 0 Å². The van der Waals surface area contributed by atoms with Crippen LogP contribution in [0.25, 0.3) is 0 Å². The Labute approximate surface area is 120 Å². The number of cyclic esters (lactones) is 1. The van der Waals surface area contributed by atoms with Crippen molar-refractivity contribution in [1.29, 1.82) is 0 Å². The number of rotatable bonds is 5. The summed E-state index contributed by atoms with van der Waals surface area (Å²) in [6.07, 6.45) is 0.244. The molecule has 2 N–H and O–H groups in total. The average Bonchev–Trinajstić information content (AvgIpc) is 2.82. The van der Waals surface area contributed by atoms with Crippen molar-refractivity contribution in [1.82, 2.24) is 4.72 Å². The Bertz CT molecular complexity index is 683. The van der Waals surface area contributed by atoms with Gasteiger partial charge in [0, 0.05) is 6.42 Å². The summed E-state index contributed by atoms with van der Waals surface area (Å²) < 4.78 is 36.3.